The van der Waals surface area contributed by atoms with Gasteiger partial charge in [-0.2, -0.15) is 0 Å². The lowest BCUT2D eigenvalue weighted by atomic mass is 9.82. The largest absolute Gasteiger partial charge is 0.460 e. The van der Waals surface area contributed by atoms with Crippen molar-refractivity contribution in [2.45, 2.75) is 39.9 Å². The van der Waals surface area contributed by atoms with Crippen LogP contribution in [0.15, 0.2) is 36.4 Å². The molecule has 8 heteroatoms. The average Bonchev–Trinajstić information content (AvgIpc) is 2.71. The van der Waals surface area contributed by atoms with Crippen LogP contribution < -0.4 is 0 Å². The Morgan fingerprint density at radius 3 is 1.41 bits per heavy atom. The third-order valence-electron chi connectivity index (χ3n) is 4.70. The number of rotatable bonds is 8. The zero-order chi connectivity index (χ0) is 21.6. The van der Waals surface area contributed by atoms with Crippen LogP contribution in [0.4, 0.5) is 17.6 Å². The second-order valence-corrected chi connectivity index (χ2v) is 6.44. The predicted molar refractivity (Wildman–Crippen MR) is 95.3 cm³/mol. The first-order valence-corrected chi connectivity index (χ1v) is 8.95. The van der Waals surface area contributed by atoms with Crippen LogP contribution in [0.1, 0.15) is 37.8 Å². The van der Waals surface area contributed by atoms with Gasteiger partial charge in [-0.05, 0) is 48.2 Å². The molecule has 2 rings (SSSR count). The highest BCUT2D eigenvalue weighted by Gasteiger charge is 2.46. The summed E-state index contributed by atoms with van der Waals surface area (Å²) in [6.45, 7) is 2.49. The molecule has 0 heterocycles. The number of carbonyl (C=O) groups is 2. The SMILES string of the molecule is CCC(CC)(C(=O)OCc1ccc(F)c(F)c1)C(=O)OCc1ccc(F)c(F)c1. The molecule has 0 bridgehead atoms. The Kier molecular flexibility index (Phi) is 7.36. The van der Waals surface area contributed by atoms with Gasteiger partial charge in [0.15, 0.2) is 28.7 Å². The van der Waals surface area contributed by atoms with E-state index in [4.69, 9.17) is 9.47 Å². The Balaban J connectivity index is 2.07. The normalized spacial score (nSPS) is 11.2. The van der Waals surface area contributed by atoms with Crippen LogP contribution in [0.5, 0.6) is 0 Å². The molecule has 4 nitrogen and oxygen atoms in total. The van der Waals surface area contributed by atoms with Gasteiger partial charge in [-0.3, -0.25) is 9.59 Å². The molecule has 0 saturated carbocycles. The number of carbonyl (C=O) groups excluding carboxylic acids is 2. The lowest BCUT2D eigenvalue weighted by molar-refractivity contribution is -0.175. The highest BCUT2D eigenvalue weighted by molar-refractivity contribution is 6.00. The van der Waals surface area contributed by atoms with Gasteiger partial charge in [0.2, 0.25) is 0 Å². The molecular weight excluding hydrogens is 392 g/mol. The van der Waals surface area contributed by atoms with Gasteiger partial charge in [0.25, 0.3) is 0 Å². The Morgan fingerprint density at radius 2 is 1.10 bits per heavy atom. The van der Waals surface area contributed by atoms with Crippen LogP contribution in [0.3, 0.4) is 0 Å². The molecule has 0 radical (unpaired) electrons. The molecule has 0 saturated heterocycles. The highest BCUT2D eigenvalue weighted by atomic mass is 19.2. The van der Waals surface area contributed by atoms with Gasteiger partial charge in [0.1, 0.15) is 13.2 Å². The summed E-state index contributed by atoms with van der Waals surface area (Å²) in [6, 6.07) is 6.11. The number of halogens is 4. The van der Waals surface area contributed by atoms with E-state index in [1.165, 1.54) is 12.1 Å². The fraction of sp³-hybridized carbons (Fsp3) is 0.333. The van der Waals surface area contributed by atoms with E-state index in [9.17, 15) is 27.2 Å². The first-order chi connectivity index (χ1) is 13.7. The minimum Gasteiger partial charge on any atom is -0.460 e. The maximum absolute atomic E-state index is 13.3. The van der Waals surface area contributed by atoms with E-state index in [1.54, 1.807) is 13.8 Å². The number of hydrogen-bond donors (Lipinski definition) is 0. The zero-order valence-electron chi connectivity index (χ0n) is 15.9. The van der Waals surface area contributed by atoms with Crippen molar-refractivity contribution in [3.63, 3.8) is 0 Å². The van der Waals surface area contributed by atoms with Crippen LogP contribution in [0, 0.1) is 28.7 Å². The van der Waals surface area contributed by atoms with Crippen molar-refractivity contribution in [2.75, 3.05) is 0 Å². The predicted octanol–water partition coefficient (Wildman–Crippen LogP) is 4.84. The van der Waals surface area contributed by atoms with E-state index >= 15 is 0 Å². The summed E-state index contributed by atoms with van der Waals surface area (Å²) in [7, 11) is 0. The average molecular weight is 412 g/mol. The number of esters is 2. The van der Waals surface area contributed by atoms with Gasteiger partial charge in [-0.15, -0.1) is 0 Å². The van der Waals surface area contributed by atoms with E-state index in [-0.39, 0.29) is 37.2 Å². The molecule has 0 aliphatic carbocycles. The summed E-state index contributed by atoms with van der Waals surface area (Å²) in [4.78, 5) is 25.2. The van der Waals surface area contributed by atoms with E-state index in [1.807, 2.05) is 0 Å². The molecule has 2 aromatic rings. The highest BCUT2D eigenvalue weighted by Crippen LogP contribution is 2.31. The van der Waals surface area contributed by atoms with E-state index in [0.717, 1.165) is 24.3 Å². The fourth-order valence-corrected chi connectivity index (χ4v) is 2.74. The molecule has 0 amide bonds. The molecule has 0 unspecified atom stereocenters. The molecule has 0 N–H and O–H groups in total. The maximum atomic E-state index is 13.3. The van der Waals surface area contributed by atoms with Crippen molar-refractivity contribution in [2.24, 2.45) is 5.41 Å². The maximum Gasteiger partial charge on any atom is 0.323 e. The number of hydrogen-bond acceptors (Lipinski definition) is 4. The van der Waals surface area contributed by atoms with Crippen LogP contribution in [0.2, 0.25) is 0 Å². The van der Waals surface area contributed by atoms with Crippen LogP contribution in [-0.2, 0) is 32.3 Å². The summed E-state index contributed by atoms with van der Waals surface area (Å²) < 4.78 is 62.8. The van der Waals surface area contributed by atoms with Crippen molar-refractivity contribution >= 4 is 11.9 Å². The molecule has 0 aliphatic rings. The minimum atomic E-state index is -1.61. The molecule has 0 spiro atoms. The lowest BCUT2D eigenvalue weighted by Gasteiger charge is -2.27. The number of ether oxygens (including phenoxy) is 2. The second-order valence-electron chi connectivity index (χ2n) is 6.44. The molecule has 0 fully saturated rings. The summed E-state index contributed by atoms with van der Waals surface area (Å²) in [5.41, 5.74) is -1.18. The monoisotopic (exact) mass is 412 g/mol. The molecule has 0 aromatic heterocycles. The molecular formula is C21H20F4O4. The van der Waals surface area contributed by atoms with E-state index < -0.39 is 40.6 Å². The first-order valence-electron chi connectivity index (χ1n) is 8.95. The van der Waals surface area contributed by atoms with Gasteiger partial charge >= 0.3 is 11.9 Å². The van der Waals surface area contributed by atoms with Gasteiger partial charge in [-0.25, -0.2) is 17.6 Å². The summed E-state index contributed by atoms with van der Waals surface area (Å²) in [6.07, 6.45) is 0.132. The van der Waals surface area contributed by atoms with Crippen LogP contribution >= 0.6 is 0 Å². The lowest BCUT2D eigenvalue weighted by Crippen LogP contribution is -2.41. The second kappa shape index (κ2) is 9.54. The number of benzene rings is 2. The first kappa shape index (κ1) is 22.4. The summed E-state index contributed by atoms with van der Waals surface area (Å²) in [5, 5.41) is 0. The molecule has 156 valence electrons. The van der Waals surface area contributed by atoms with Crippen LogP contribution in [0.25, 0.3) is 0 Å². The Labute approximate surface area is 165 Å². The van der Waals surface area contributed by atoms with Crippen molar-refractivity contribution in [1.29, 1.82) is 0 Å². The minimum absolute atomic E-state index is 0.0662. The summed E-state index contributed by atoms with van der Waals surface area (Å²) in [5.74, 6) is -5.97. The Bertz CT molecular complexity index is 825. The van der Waals surface area contributed by atoms with Gasteiger partial charge in [-0.1, -0.05) is 26.0 Å². The smallest absolute Gasteiger partial charge is 0.323 e. The topological polar surface area (TPSA) is 52.6 Å². The van der Waals surface area contributed by atoms with E-state index in [2.05, 4.69) is 0 Å². The zero-order valence-corrected chi connectivity index (χ0v) is 15.9. The molecule has 0 aliphatic heterocycles. The molecule has 29 heavy (non-hydrogen) atoms. The van der Waals surface area contributed by atoms with Gasteiger partial charge in [0.05, 0.1) is 0 Å². The Hall–Kier alpha value is -2.90. The standard InChI is InChI=1S/C21H20F4O4/c1-3-21(4-2,19(26)28-11-13-5-7-15(22)17(24)9-13)20(27)29-12-14-6-8-16(23)18(25)10-14/h5-10H,3-4,11-12H2,1-2H3. The van der Waals surface area contributed by atoms with Gasteiger partial charge < -0.3 is 9.47 Å². The van der Waals surface area contributed by atoms with Crippen molar-refractivity contribution < 1.29 is 36.6 Å². The van der Waals surface area contributed by atoms with Gasteiger partial charge in [0, 0.05) is 0 Å². The third kappa shape index (κ3) is 5.13. The van der Waals surface area contributed by atoms with Crippen LogP contribution in [-0.4, -0.2) is 11.9 Å². The molecule has 0 atom stereocenters. The molecule has 2 aromatic carbocycles. The Morgan fingerprint density at radius 1 is 0.724 bits per heavy atom. The third-order valence-corrected chi connectivity index (χ3v) is 4.70. The quantitative estimate of drug-likeness (QED) is 0.354. The van der Waals surface area contributed by atoms with Crippen molar-refractivity contribution in [1.82, 2.24) is 0 Å². The van der Waals surface area contributed by atoms with Crippen molar-refractivity contribution in [3.8, 4) is 0 Å². The summed E-state index contributed by atoms with van der Waals surface area (Å²) >= 11 is 0. The van der Waals surface area contributed by atoms with Crippen molar-refractivity contribution in [3.05, 3.63) is 70.8 Å². The van der Waals surface area contributed by atoms with E-state index in [0.29, 0.717) is 0 Å². The fourth-order valence-electron chi connectivity index (χ4n) is 2.74.